The molecule has 0 saturated heterocycles. The van der Waals surface area contributed by atoms with Crippen molar-refractivity contribution in [2.24, 2.45) is 0 Å². The van der Waals surface area contributed by atoms with E-state index in [1.54, 1.807) is 18.2 Å². The van der Waals surface area contributed by atoms with Gasteiger partial charge < -0.3 is 10.1 Å². The average Bonchev–Trinajstić information content (AvgIpc) is 2.36. The van der Waals surface area contributed by atoms with E-state index in [4.69, 9.17) is 39.5 Å². The highest BCUT2D eigenvalue weighted by molar-refractivity contribution is 6.33. The topological polar surface area (TPSA) is 59.9 Å². The molecule has 0 aliphatic carbocycles. The molecule has 0 radical (unpaired) electrons. The molecular formula is C10H7Cl3N4O. The zero-order chi connectivity index (χ0) is 13.1. The first-order valence-corrected chi connectivity index (χ1v) is 5.90. The third-order valence-corrected chi connectivity index (χ3v) is 2.76. The number of nitrogens with zero attached hydrogens (tertiary/aromatic N) is 3. The van der Waals surface area contributed by atoms with Crippen LogP contribution in [-0.4, -0.2) is 22.3 Å². The Balaban J connectivity index is 2.31. The van der Waals surface area contributed by atoms with Gasteiger partial charge in [0.25, 0.3) is 0 Å². The third kappa shape index (κ3) is 2.93. The fourth-order valence-electron chi connectivity index (χ4n) is 1.25. The highest BCUT2D eigenvalue weighted by Crippen LogP contribution is 2.29. The molecule has 94 valence electrons. The standard InChI is InChI=1S/C10H7Cl3N4O/c1-18-7-4-5(2-3-6(7)11)14-9-8(12)16-17-10(13)15-9/h2-4H,1H3,(H,14,15,17). The number of hydrogen-bond acceptors (Lipinski definition) is 5. The summed E-state index contributed by atoms with van der Waals surface area (Å²) >= 11 is 17.4. The number of benzene rings is 1. The molecule has 1 N–H and O–H groups in total. The van der Waals surface area contributed by atoms with E-state index >= 15 is 0 Å². The Morgan fingerprint density at radius 2 is 1.94 bits per heavy atom. The van der Waals surface area contributed by atoms with Gasteiger partial charge in [0.15, 0.2) is 11.0 Å². The first-order chi connectivity index (χ1) is 8.60. The number of ether oxygens (including phenoxy) is 1. The van der Waals surface area contributed by atoms with Crippen LogP contribution in [0.3, 0.4) is 0 Å². The Labute approximate surface area is 118 Å². The molecule has 0 atom stereocenters. The van der Waals surface area contributed by atoms with Crippen molar-refractivity contribution in [1.82, 2.24) is 15.2 Å². The third-order valence-electron chi connectivity index (χ3n) is 2.03. The molecular weight excluding hydrogens is 298 g/mol. The summed E-state index contributed by atoms with van der Waals surface area (Å²) in [5, 5.41) is 10.7. The summed E-state index contributed by atoms with van der Waals surface area (Å²) in [7, 11) is 1.53. The number of anilines is 2. The van der Waals surface area contributed by atoms with E-state index in [1.165, 1.54) is 7.11 Å². The van der Waals surface area contributed by atoms with E-state index in [-0.39, 0.29) is 10.4 Å². The number of methoxy groups -OCH3 is 1. The van der Waals surface area contributed by atoms with Gasteiger partial charge in [0.1, 0.15) is 5.75 Å². The molecule has 0 aliphatic rings. The average molecular weight is 306 g/mol. The van der Waals surface area contributed by atoms with Gasteiger partial charge >= 0.3 is 0 Å². The summed E-state index contributed by atoms with van der Waals surface area (Å²) in [6, 6.07) is 5.14. The number of aromatic nitrogens is 3. The summed E-state index contributed by atoms with van der Waals surface area (Å²) in [5.74, 6) is 0.840. The van der Waals surface area contributed by atoms with Crippen LogP contribution in [0.5, 0.6) is 5.75 Å². The Morgan fingerprint density at radius 3 is 2.67 bits per heavy atom. The molecule has 0 saturated carbocycles. The highest BCUT2D eigenvalue weighted by atomic mass is 35.5. The zero-order valence-corrected chi connectivity index (χ0v) is 11.4. The molecule has 0 unspecified atom stereocenters. The Morgan fingerprint density at radius 1 is 1.17 bits per heavy atom. The van der Waals surface area contributed by atoms with Crippen LogP contribution in [0.15, 0.2) is 18.2 Å². The van der Waals surface area contributed by atoms with Crippen molar-refractivity contribution in [1.29, 1.82) is 0 Å². The number of rotatable bonds is 3. The predicted molar refractivity (Wildman–Crippen MR) is 71.1 cm³/mol. The monoisotopic (exact) mass is 304 g/mol. The van der Waals surface area contributed by atoms with Crippen LogP contribution in [0.1, 0.15) is 0 Å². The van der Waals surface area contributed by atoms with E-state index in [2.05, 4.69) is 20.5 Å². The molecule has 0 aliphatic heterocycles. The molecule has 1 aromatic carbocycles. The molecule has 1 heterocycles. The smallest absolute Gasteiger partial charge is 0.245 e. The van der Waals surface area contributed by atoms with Crippen molar-refractivity contribution in [2.45, 2.75) is 0 Å². The first-order valence-electron chi connectivity index (χ1n) is 4.76. The van der Waals surface area contributed by atoms with E-state index in [9.17, 15) is 0 Å². The molecule has 5 nitrogen and oxygen atoms in total. The second-order valence-corrected chi connectivity index (χ2v) is 4.30. The molecule has 18 heavy (non-hydrogen) atoms. The molecule has 1 aromatic heterocycles. The lowest BCUT2D eigenvalue weighted by Crippen LogP contribution is -1.99. The lowest BCUT2D eigenvalue weighted by molar-refractivity contribution is 0.415. The van der Waals surface area contributed by atoms with Crippen LogP contribution in [0.2, 0.25) is 15.5 Å². The van der Waals surface area contributed by atoms with Gasteiger partial charge in [-0.05, 0) is 23.7 Å². The van der Waals surface area contributed by atoms with Gasteiger partial charge in [0, 0.05) is 11.8 Å². The molecule has 8 heteroatoms. The summed E-state index contributed by atoms with van der Waals surface area (Å²) in [4.78, 5) is 3.92. The second kappa shape index (κ2) is 5.56. The number of halogens is 3. The largest absolute Gasteiger partial charge is 0.495 e. The van der Waals surface area contributed by atoms with Crippen molar-refractivity contribution in [2.75, 3.05) is 12.4 Å². The van der Waals surface area contributed by atoms with E-state index in [1.807, 2.05) is 0 Å². The van der Waals surface area contributed by atoms with Crippen molar-refractivity contribution >= 4 is 46.3 Å². The lowest BCUT2D eigenvalue weighted by atomic mass is 10.3. The van der Waals surface area contributed by atoms with E-state index < -0.39 is 0 Å². The maximum absolute atomic E-state index is 5.92. The van der Waals surface area contributed by atoms with Crippen molar-refractivity contribution < 1.29 is 4.74 Å². The first kappa shape index (κ1) is 13.1. The van der Waals surface area contributed by atoms with E-state index in [0.717, 1.165) is 0 Å². The van der Waals surface area contributed by atoms with Crippen LogP contribution in [-0.2, 0) is 0 Å². The zero-order valence-electron chi connectivity index (χ0n) is 9.12. The minimum Gasteiger partial charge on any atom is -0.495 e. The van der Waals surface area contributed by atoms with Gasteiger partial charge in [-0.1, -0.05) is 23.2 Å². The number of hydrogen-bond donors (Lipinski definition) is 1. The van der Waals surface area contributed by atoms with Crippen LogP contribution in [0.4, 0.5) is 11.5 Å². The fraction of sp³-hybridized carbons (Fsp3) is 0.100. The SMILES string of the molecule is COc1cc(Nc2nc(Cl)nnc2Cl)ccc1Cl. The van der Waals surface area contributed by atoms with Crippen LogP contribution < -0.4 is 10.1 Å². The summed E-state index contributed by atoms with van der Waals surface area (Å²) in [6.45, 7) is 0. The summed E-state index contributed by atoms with van der Waals surface area (Å²) in [6.07, 6.45) is 0. The predicted octanol–water partition coefficient (Wildman–Crippen LogP) is 3.58. The molecule has 0 fully saturated rings. The van der Waals surface area contributed by atoms with E-state index in [0.29, 0.717) is 22.3 Å². The molecule has 0 amide bonds. The van der Waals surface area contributed by atoms with Crippen molar-refractivity contribution in [3.63, 3.8) is 0 Å². The minimum atomic E-state index is 0.00262. The van der Waals surface area contributed by atoms with Gasteiger partial charge in [-0.3, -0.25) is 0 Å². The Hall–Kier alpha value is -1.30. The summed E-state index contributed by atoms with van der Waals surface area (Å²) in [5.41, 5.74) is 0.690. The quantitative estimate of drug-likeness (QED) is 0.939. The van der Waals surface area contributed by atoms with Crippen molar-refractivity contribution in [3.8, 4) is 5.75 Å². The lowest BCUT2D eigenvalue weighted by Gasteiger charge is -2.09. The van der Waals surface area contributed by atoms with Crippen LogP contribution in [0.25, 0.3) is 0 Å². The minimum absolute atomic E-state index is 0.00262. The van der Waals surface area contributed by atoms with Gasteiger partial charge in [-0.2, -0.15) is 4.98 Å². The highest BCUT2D eigenvalue weighted by Gasteiger charge is 2.08. The molecule has 0 bridgehead atoms. The van der Waals surface area contributed by atoms with Crippen LogP contribution in [0, 0.1) is 0 Å². The molecule has 2 aromatic rings. The maximum atomic E-state index is 5.92. The molecule has 2 rings (SSSR count). The van der Waals surface area contributed by atoms with Crippen molar-refractivity contribution in [3.05, 3.63) is 33.7 Å². The summed E-state index contributed by atoms with van der Waals surface area (Å²) < 4.78 is 5.10. The van der Waals surface area contributed by atoms with Gasteiger partial charge in [-0.15, -0.1) is 10.2 Å². The maximum Gasteiger partial charge on any atom is 0.245 e. The second-order valence-electron chi connectivity index (χ2n) is 3.19. The number of nitrogens with one attached hydrogen (secondary N) is 1. The molecule has 0 spiro atoms. The van der Waals surface area contributed by atoms with Gasteiger partial charge in [0.2, 0.25) is 5.28 Å². The van der Waals surface area contributed by atoms with Gasteiger partial charge in [0.05, 0.1) is 12.1 Å². The van der Waals surface area contributed by atoms with Gasteiger partial charge in [-0.25, -0.2) is 0 Å². The van der Waals surface area contributed by atoms with Crippen LogP contribution >= 0.6 is 34.8 Å². The Bertz CT molecular complexity index is 579. The fourth-order valence-corrected chi connectivity index (χ4v) is 1.69. The normalized spacial score (nSPS) is 10.2. The Kier molecular flexibility index (Phi) is 4.06.